The van der Waals surface area contributed by atoms with Crippen LogP contribution in [0.4, 0.5) is 5.82 Å². The van der Waals surface area contributed by atoms with E-state index in [2.05, 4.69) is 20.6 Å². The number of aromatic nitrogens is 2. The van der Waals surface area contributed by atoms with Crippen LogP contribution in [0.15, 0.2) is 18.6 Å². The Balaban J connectivity index is 0.00000112. The summed E-state index contributed by atoms with van der Waals surface area (Å²) in [6.45, 7) is 3.31. The molecule has 1 fully saturated rings. The van der Waals surface area contributed by atoms with Crippen molar-refractivity contribution >= 4 is 18.2 Å². The topological polar surface area (TPSA) is 49.8 Å². The second kappa shape index (κ2) is 6.58. The summed E-state index contributed by atoms with van der Waals surface area (Å²) < 4.78 is 0. The molecular formula is C10H17ClN4. The second-order valence-electron chi connectivity index (χ2n) is 3.66. The molecule has 0 aliphatic carbocycles. The van der Waals surface area contributed by atoms with Crippen molar-refractivity contribution in [2.75, 3.05) is 25.0 Å². The van der Waals surface area contributed by atoms with Crippen LogP contribution in [-0.2, 0) is 0 Å². The van der Waals surface area contributed by atoms with Crippen molar-refractivity contribution in [3.05, 3.63) is 18.6 Å². The Morgan fingerprint density at radius 1 is 1.33 bits per heavy atom. The highest BCUT2D eigenvalue weighted by Gasteiger charge is 2.12. The van der Waals surface area contributed by atoms with E-state index in [1.807, 2.05) is 0 Å². The number of rotatable bonds is 3. The molecule has 0 saturated carbocycles. The van der Waals surface area contributed by atoms with Crippen LogP contribution < -0.4 is 10.6 Å². The van der Waals surface area contributed by atoms with Crippen LogP contribution in [-0.4, -0.2) is 29.6 Å². The average molecular weight is 229 g/mol. The highest BCUT2D eigenvalue weighted by Crippen LogP contribution is 2.11. The van der Waals surface area contributed by atoms with Crippen molar-refractivity contribution < 1.29 is 0 Å². The molecule has 2 rings (SSSR count). The highest BCUT2D eigenvalue weighted by atomic mass is 35.5. The number of hydrogen-bond acceptors (Lipinski definition) is 4. The van der Waals surface area contributed by atoms with Crippen molar-refractivity contribution in [2.45, 2.75) is 12.8 Å². The van der Waals surface area contributed by atoms with Gasteiger partial charge in [-0.1, -0.05) is 0 Å². The van der Waals surface area contributed by atoms with Gasteiger partial charge >= 0.3 is 0 Å². The standard InChI is InChI=1S/C10H16N4.ClH/c1-3-11-4-2-9(1)7-14-10-8-12-5-6-13-10;/h5-6,8-9,11H,1-4,7H2,(H,13,14);1H. The van der Waals surface area contributed by atoms with E-state index in [0.717, 1.165) is 31.4 Å². The summed E-state index contributed by atoms with van der Waals surface area (Å²) in [5, 5.41) is 6.67. The van der Waals surface area contributed by atoms with Crippen molar-refractivity contribution in [1.29, 1.82) is 0 Å². The summed E-state index contributed by atoms with van der Waals surface area (Å²) >= 11 is 0. The molecule has 2 N–H and O–H groups in total. The van der Waals surface area contributed by atoms with Gasteiger partial charge in [0, 0.05) is 18.9 Å². The maximum absolute atomic E-state index is 4.17. The fourth-order valence-corrected chi connectivity index (χ4v) is 1.73. The van der Waals surface area contributed by atoms with Crippen molar-refractivity contribution in [2.24, 2.45) is 5.92 Å². The number of anilines is 1. The van der Waals surface area contributed by atoms with Crippen LogP contribution >= 0.6 is 12.4 Å². The number of halogens is 1. The van der Waals surface area contributed by atoms with E-state index in [0.29, 0.717) is 0 Å². The summed E-state index contributed by atoms with van der Waals surface area (Å²) in [7, 11) is 0. The van der Waals surface area contributed by atoms with Gasteiger partial charge < -0.3 is 10.6 Å². The Bertz CT molecular complexity index is 261. The lowest BCUT2D eigenvalue weighted by molar-refractivity contribution is 0.389. The van der Waals surface area contributed by atoms with Crippen LogP contribution in [0.1, 0.15) is 12.8 Å². The maximum Gasteiger partial charge on any atom is 0.144 e. The van der Waals surface area contributed by atoms with Gasteiger partial charge in [-0.15, -0.1) is 12.4 Å². The van der Waals surface area contributed by atoms with E-state index in [-0.39, 0.29) is 12.4 Å². The van der Waals surface area contributed by atoms with Gasteiger partial charge in [-0.3, -0.25) is 4.98 Å². The molecule has 1 aliphatic heterocycles. The third kappa shape index (κ3) is 4.01. The summed E-state index contributed by atoms with van der Waals surface area (Å²) in [6, 6.07) is 0. The Labute approximate surface area is 96.3 Å². The molecule has 5 heteroatoms. The highest BCUT2D eigenvalue weighted by molar-refractivity contribution is 5.85. The molecule has 2 heterocycles. The largest absolute Gasteiger partial charge is 0.369 e. The zero-order valence-corrected chi connectivity index (χ0v) is 9.46. The molecule has 15 heavy (non-hydrogen) atoms. The van der Waals surface area contributed by atoms with Gasteiger partial charge in [-0.05, 0) is 31.8 Å². The zero-order valence-electron chi connectivity index (χ0n) is 8.65. The summed E-state index contributed by atoms with van der Waals surface area (Å²) in [5.74, 6) is 1.66. The van der Waals surface area contributed by atoms with Gasteiger partial charge in [0.25, 0.3) is 0 Å². The normalized spacial score (nSPS) is 16.8. The molecule has 1 aromatic rings. The Hall–Kier alpha value is -0.870. The third-order valence-corrected chi connectivity index (χ3v) is 2.59. The van der Waals surface area contributed by atoms with Gasteiger partial charge in [-0.2, -0.15) is 0 Å². The first-order chi connectivity index (χ1) is 6.95. The first-order valence-corrected chi connectivity index (χ1v) is 5.16. The molecule has 1 aliphatic rings. The quantitative estimate of drug-likeness (QED) is 0.819. The molecule has 1 saturated heterocycles. The minimum absolute atomic E-state index is 0. The lowest BCUT2D eigenvalue weighted by Gasteiger charge is -2.22. The van der Waals surface area contributed by atoms with Crippen LogP contribution in [0.5, 0.6) is 0 Å². The molecule has 0 amide bonds. The van der Waals surface area contributed by atoms with E-state index >= 15 is 0 Å². The van der Waals surface area contributed by atoms with E-state index < -0.39 is 0 Å². The molecule has 0 aromatic carbocycles. The van der Waals surface area contributed by atoms with Crippen LogP contribution in [0.2, 0.25) is 0 Å². The molecule has 1 aromatic heterocycles. The minimum Gasteiger partial charge on any atom is -0.369 e. The predicted molar refractivity (Wildman–Crippen MR) is 63.4 cm³/mol. The number of piperidine rings is 1. The van der Waals surface area contributed by atoms with Crippen LogP contribution in [0.25, 0.3) is 0 Å². The van der Waals surface area contributed by atoms with Gasteiger partial charge in [-0.25, -0.2) is 4.98 Å². The summed E-state index contributed by atoms with van der Waals surface area (Å²) in [5.41, 5.74) is 0. The first-order valence-electron chi connectivity index (χ1n) is 5.16. The van der Waals surface area contributed by atoms with Gasteiger partial charge in [0.1, 0.15) is 5.82 Å². The van der Waals surface area contributed by atoms with E-state index in [1.54, 1.807) is 18.6 Å². The van der Waals surface area contributed by atoms with Crippen molar-refractivity contribution in [3.63, 3.8) is 0 Å². The zero-order chi connectivity index (χ0) is 9.64. The lowest BCUT2D eigenvalue weighted by Crippen LogP contribution is -2.31. The van der Waals surface area contributed by atoms with Gasteiger partial charge in [0.2, 0.25) is 0 Å². The first kappa shape index (κ1) is 12.2. The van der Waals surface area contributed by atoms with Crippen molar-refractivity contribution in [3.8, 4) is 0 Å². The van der Waals surface area contributed by atoms with Gasteiger partial charge in [0.05, 0.1) is 6.20 Å². The SMILES string of the molecule is Cl.c1cnc(NCC2CCNCC2)cn1. The Morgan fingerprint density at radius 3 is 2.80 bits per heavy atom. The lowest BCUT2D eigenvalue weighted by atomic mass is 9.98. The molecule has 0 radical (unpaired) electrons. The fourth-order valence-electron chi connectivity index (χ4n) is 1.73. The molecule has 0 spiro atoms. The molecule has 0 atom stereocenters. The van der Waals surface area contributed by atoms with Crippen LogP contribution in [0.3, 0.4) is 0 Å². The third-order valence-electron chi connectivity index (χ3n) is 2.59. The van der Waals surface area contributed by atoms with Crippen LogP contribution in [0, 0.1) is 5.92 Å². The number of nitrogens with zero attached hydrogens (tertiary/aromatic N) is 2. The smallest absolute Gasteiger partial charge is 0.144 e. The Kier molecular flexibility index (Phi) is 5.36. The molecule has 4 nitrogen and oxygen atoms in total. The fraction of sp³-hybridized carbons (Fsp3) is 0.600. The maximum atomic E-state index is 4.17. The molecular weight excluding hydrogens is 212 g/mol. The van der Waals surface area contributed by atoms with E-state index in [4.69, 9.17) is 0 Å². The molecule has 0 bridgehead atoms. The second-order valence-corrected chi connectivity index (χ2v) is 3.66. The van der Waals surface area contributed by atoms with E-state index in [9.17, 15) is 0 Å². The number of hydrogen-bond donors (Lipinski definition) is 2. The summed E-state index contributed by atoms with van der Waals surface area (Å²) in [6.07, 6.45) is 7.68. The predicted octanol–water partition coefficient (Wildman–Crippen LogP) is 1.31. The van der Waals surface area contributed by atoms with Gasteiger partial charge in [0.15, 0.2) is 0 Å². The minimum atomic E-state index is 0. The monoisotopic (exact) mass is 228 g/mol. The van der Waals surface area contributed by atoms with Crippen molar-refractivity contribution in [1.82, 2.24) is 15.3 Å². The molecule has 0 unspecified atom stereocenters. The Morgan fingerprint density at radius 2 is 2.13 bits per heavy atom. The number of nitrogens with one attached hydrogen (secondary N) is 2. The molecule has 84 valence electrons. The average Bonchev–Trinajstić information content (AvgIpc) is 2.29. The van der Waals surface area contributed by atoms with E-state index in [1.165, 1.54) is 12.8 Å². The summed E-state index contributed by atoms with van der Waals surface area (Å²) in [4.78, 5) is 8.18.